The van der Waals surface area contributed by atoms with Gasteiger partial charge in [0, 0.05) is 21.5 Å². The van der Waals surface area contributed by atoms with E-state index in [-0.39, 0.29) is 22.4 Å². The molecular formula is C41H22F6N4. The minimum atomic E-state index is -4.69. The van der Waals surface area contributed by atoms with Crippen LogP contribution < -0.4 is 0 Å². The van der Waals surface area contributed by atoms with E-state index < -0.39 is 23.5 Å². The molecule has 0 aliphatic heterocycles. The lowest BCUT2D eigenvalue weighted by Crippen LogP contribution is -2.07. The number of para-hydroxylation sites is 2. The van der Waals surface area contributed by atoms with Crippen molar-refractivity contribution < 1.29 is 26.3 Å². The maximum absolute atomic E-state index is 13.9. The highest BCUT2D eigenvalue weighted by Gasteiger charge is 2.33. The fraction of sp³-hybridized carbons (Fsp3) is 0.0732. The fourth-order valence-corrected chi connectivity index (χ4v) is 7.05. The van der Waals surface area contributed by atoms with Gasteiger partial charge in [-0.15, -0.1) is 0 Å². The van der Waals surface area contributed by atoms with Gasteiger partial charge in [-0.1, -0.05) is 54.1 Å². The molecule has 0 unspecified atom stereocenters. The lowest BCUT2D eigenvalue weighted by atomic mass is 9.95. The fourth-order valence-electron chi connectivity index (χ4n) is 7.05. The normalized spacial score (nSPS) is 12.2. The van der Waals surface area contributed by atoms with Gasteiger partial charge < -0.3 is 9.13 Å². The van der Waals surface area contributed by atoms with Gasteiger partial charge in [-0.05, 0) is 84.8 Å². The number of aromatic nitrogens is 2. The predicted octanol–water partition coefficient (Wildman–Crippen LogP) is 11.6. The molecule has 8 aromatic rings. The van der Waals surface area contributed by atoms with Crippen LogP contribution in [0.5, 0.6) is 0 Å². The van der Waals surface area contributed by atoms with Gasteiger partial charge in [0.1, 0.15) is 11.6 Å². The zero-order valence-corrected chi connectivity index (χ0v) is 26.5. The summed E-state index contributed by atoms with van der Waals surface area (Å²) in [5.74, 6) is 0. The molecule has 0 bridgehead atoms. The van der Waals surface area contributed by atoms with Crippen LogP contribution in [-0.4, -0.2) is 9.13 Å². The van der Waals surface area contributed by atoms with E-state index in [4.69, 9.17) is 0 Å². The van der Waals surface area contributed by atoms with Crippen molar-refractivity contribution in [1.29, 1.82) is 10.5 Å². The molecule has 2 aromatic heterocycles. The van der Waals surface area contributed by atoms with Crippen LogP contribution in [0.25, 0.3) is 66.1 Å². The molecule has 10 heteroatoms. The number of aryl methyl sites for hydroxylation is 1. The van der Waals surface area contributed by atoms with Crippen molar-refractivity contribution in [2.45, 2.75) is 19.3 Å². The van der Waals surface area contributed by atoms with Crippen molar-refractivity contribution in [2.24, 2.45) is 0 Å². The topological polar surface area (TPSA) is 57.4 Å². The minimum Gasteiger partial charge on any atom is -0.308 e. The highest BCUT2D eigenvalue weighted by Crippen LogP contribution is 2.42. The lowest BCUT2D eigenvalue weighted by Gasteiger charge is -2.19. The summed E-state index contributed by atoms with van der Waals surface area (Å²) < 4.78 is 86.6. The van der Waals surface area contributed by atoms with Gasteiger partial charge >= 0.3 is 12.4 Å². The Balaban J connectivity index is 1.55. The van der Waals surface area contributed by atoms with Crippen LogP contribution in [0.4, 0.5) is 26.3 Å². The lowest BCUT2D eigenvalue weighted by molar-refractivity contribution is -0.138. The van der Waals surface area contributed by atoms with E-state index in [2.05, 4.69) is 6.07 Å². The maximum Gasteiger partial charge on any atom is 0.416 e. The summed E-state index contributed by atoms with van der Waals surface area (Å²) in [7, 11) is 0. The second-order valence-corrected chi connectivity index (χ2v) is 12.3. The van der Waals surface area contributed by atoms with Crippen molar-refractivity contribution in [3.63, 3.8) is 0 Å². The summed E-state index contributed by atoms with van der Waals surface area (Å²) in [6.07, 6.45) is -9.29. The molecule has 0 fully saturated rings. The first-order valence-electron chi connectivity index (χ1n) is 15.7. The van der Waals surface area contributed by atoms with Crippen molar-refractivity contribution in [3.05, 3.63) is 143 Å². The van der Waals surface area contributed by atoms with E-state index in [1.165, 1.54) is 12.1 Å². The second kappa shape index (κ2) is 11.3. The largest absolute Gasteiger partial charge is 0.416 e. The first kappa shape index (κ1) is 31.7. The summed E-state index contributed by atoms with van der Waals surface area (Å²) in [6, 6.07) is 34.2. The average molecular weight is 685 g/mol. The van der Waals surface area contributed by atoms with Crippen LogP contribution in [0.3, 0.4) is 0 Å². The average Bonchev–Trinajstić information content (AvgIpc) is 3.62. The molecule has 0 aliphatic carbocycles. The number of fused-ring (bicyclic) bond motifs is 6. The van der Waals surface area contributed by atoms with Gasteiger partial charge in [0.15, 0.2) is 0 Å². The Morgan fingerprint density at radius 1 is 0.510 bits per heavy atom. The summed E-state index contributed by atoms with van der Waals surface area (Å²) in [6.45, 7) is 1.96. The van der Waals surface area contributed by atoms with Crippen molar-refractivity contribution in [2.75, 3.05) is 0 Å². The third-order valence-electron chi connectivity index (χ3n) is 9.30. The van der Waals surface area contributed by atoms with E-state index in [0.29, 0.717) is 33.1 Å². The SMILES string of the molecule is Cc1ccc2c(c1)c1ccccc1n2-c1cc(-c2ccc(C(F)(F)F)cc2C#N)cc(-n2c3ccccc3c3cc(C(F)(F)F)ccc32)c1C#N. The second-order valence-electron chi connectivity index (χ2n) is 12.3. The van der Waals surface area contributed by atoms with Gasteiger partial charge in [-0.3, -0.25) is 0 Å². The molecular weight excluding hydrogens is 662 g/mol. The molecule has 0 atom stereocenters. The van der Waals surface area contributed by atoms with Crippen molar-refractivity contribution in [3.8, 4) is 34.6 Å². The number of hydrogen-bond donors (Lipinski definition) is 0. The molecule has 51 heavy (non-hydrogen) atoms. The summed E-state index contributed by atoms with van der Waals surface area (Å²) in [5.41, 5.74) is 2.69. The number of rotatable bonds is 3. The highest BCUT2D eigenvalue weighted by molar-refractivity contribution is 6.11. The minimum absolute atomic E-state index is 0.162. The Morgan fingerprint density at radius 2 is 1.00 bits per heavy atom. The molecule has 0 aliphatic rings. The van der Waals surface area contributed by atoms with Gasteiger partial charge in [0.2, 0.25) is 0 Å². The van der Waals surface area contributed by atoms with Gasteiger partial charge in [0.05, 0.1) is 56.2 Å². The Kier molecular flexibility index (Phi) is 7.00. The van der Waals surface area contributed by atoms with E-state index in [1.54, 1.807) is 41.0 Å². The van der Waals surface area contributed by atoms with Gasteiger partial charge in [-0.25, -0.2) is 0 Å². The Morgan fingerprint density at radius 3 is 1.55 bits per heavy atom. The predicted molar refractivity (Wildman–Crippen MR) is 185 cm³/mol. The number of nitrogens with zero attached hydrogens (tertiary/aromatic N) is 4. The van der Waals surface area contributed by atoms with E-state index in [9.17, 15) is 36.9 Å². The van der Waals surface area contributed by atoms with Gasteiger partial charge in [0.25, 0.3) is 0 Å². The molecule has 0 radical (unpaired) electrons. The summed E-state index contributed by atoms with van der Waals surface area (Å²) in [5, 5.41) is 23.7. The summed E-state index contributed by atoms with van der Waals surface area (Å²) >= 11 is 0. The monoisotopic (exact) mass is 684 g/mol. The molecule has 248 valence electrons. The number of benzene rings is 6. The molecule has 0 N–H and O–H groups in total. The molecule has 0 spiro atoms. The maximum atomic E-state index is 13.9. The molecule has 4 nitrogen and oxygen atoms in total. The van der Waals surface area contributed by atoms with Crippen molar-refractivity contribution in [1.82, 2.24) is 9.13 Å². The van der Waals surface area contributed by atoms with Crippen LogP contribution >= 0.6 is 0 Å². The van der Waals surface area contributed by atoms with E-state index in [1.807, 2.05) is 60.0 Å². The third kappa shape index (κ3) is 4.99. The third-order valence-corrected chi connectivity index (χ3v) is 9.30. The highest BCUT2D eigenvalue weighted by atomic mass is 19.4. The van der Waals surface area contributed by atoms with Crippen LogP contribution in [-0.2, 0) is 12.4 Å². The Hall–Kier alpha value is -6.52. The number of alkyl halides is 6. The first-order valence-corrected chi connectivity index (χ1v) is 15.7. The van der Waals surface area contributed by atoms with Crippen LogP contribution in [0.15, 0.2) is 115 Å². The molecule has 0 saturated heterocycles. The number of hydrogen-bond acceptors (Lipinski definition) is 2. The molecule has 0 amide bonds. The van der Waals surface area contributed by atoms with Gasteiger partial charge in [-0.2, -0.15) is 36.9 Å². The Labute approximate surface area is 286 Å². The Bertz CT molecular complexity index is 2820. The number of halogens is 6. The zero-order chi connectivity index (χ0) is 35.8. The summed E-state index contributed by atoms with van der Waals surface area (Å²) in [4.78, 5) is 0. The molecule has 6 aromatic carbocycles. The quantitative estimate of drug-likeness (QED) is 0.174. The molecule has 0 saturated carbocycles. The van der Waals surface area contributed by atoms with E-state index in [0.717, 1.165) is 51.6 Å². The zero-order valence-electron chi connectivity index (χ0n) is 26.5. The standard InChI is InChI=1S/C41H22F6N4/c1-23-10-14-36-31(16-23)29-6-2-4-8-34(29)50(36)38-18-24(28-13-11-26(40(42,43)44)17-25(28)21-48)19-39(33(38)22-49)51-35-9-5-3-7-30(35)32-20-27(41(45,46)47)12-15-37(32)51/h2-20H,1H3. The van der Waals surface area contributed by atoms with Crippen molar-refractivity contribution >= 4 is 43.6 Å². The number of nitriles is 2. The van der Waals surface area contributed by atoms with E-state index >= 15 is 0 Å². The van der Waals surface area contributed by atoms with Crippen LogP contribution in [0.1, 0.15) is 27.8 Å². The van der Waals surface area contributed by atoms with Crippen LogP contribution in [0.2, 0.25) is 0 Å². The molecule has 8 rings (SSSR count). The van der Waals surface area contributed by atoms with Crippen LogP contribution in [0, 0.1) is 29.6 Å². The molecule has 2 heterocycles. The first-order chi connectivity index (χ1) is 24.4. The smallest absolute Gasteiger partial charge is 0.308 e.